The Bertz CT molecular complexity index is 674. The van der Waals surface area contributed by atoms with Crippen LogP contribution >= 0.6 is 0 Å². The number of nitrogens with zero attached hydrogens (tertiary/aromatic N) is 1. The Morgan fingerprint density at radius 2 is 1.83 bits per heavy atom. The highest BCUT2D eigenvalue weighted by atomic mass is 32.2. The number of aromatic nitrogens is 1. The fourth-order valence-corrected chi connectivity index (χ4v) is 2.56. The molecule has 0 saturated heterocycles. The lowest BCUT2D eigenvalue weighted by Crippen LogP contribution is -2.13. The van der Waals surface area contributed by atoms with Crippen molar-refractivity contribution in [3.05, 3.63) is 41.2 Å². The van der Waals surface area contributed by atoms with Gasteiger partial charge in [-0.3, -0.25) is 4.72 Å². The van der Waals surface area contributed by atoms with Gasteiger partial charge in [-0.25, -0.2) is 8.42 Å². The molecule has 0 radical (unpaired) electrons. The molecule has 1 heterocycles. The van der Waals surface area contributed by atoms with E-state index in [1.54, 1.807) is 25.1 Å². The lowest BCUT2D eigenvalue weighted by atomic mass is 10.1. The van der Waals surface area contributed by atoms with Crippen LogP contribution in [0.2, 0.25) is 0 Å². The van der Waals surface area contributed by atoms with Crippen LogP contribution in [-0.2, 0) is 10.0 Å². The van der Waals surface area contributed by atoms with E-state index in [4.69, 9.17) is 4.52 Å². The van der Waals surface area contributed by atoms with E-state index in [-0.39, 0.29) is 10.7 Å². The first-order valence-electron chi connectivity index (χ1n) is 5.42. The summed E-state index contributed by atoms with van der Waals surface area (Å²) in [5.41, 5.74) is 1.97. The summed E-state index contributed by atoms with van der Waals surface area (Å²) in [5, 5.41) is 3.60. The van der Waals surface area contributed by atoms with Gasteiger partial charge in [-0.15, -0.1) is 0 Å². The van der Waals surface area contributed by atoms with Crippen LogP contribution in [0.15, 0.2) is 33.7 Å². The summed E-state index contributed by atoms with van der Waals surface area (Å²) in [6, 6.07) is 6.50. The third-order valence-corrected chi connectivity index (χ3v) is 4.01. The Kier molecular flexibility index (Phi) is 3.13. The van der Waals surface area contributed by atoms with Crippen molar-refractivity contribution in [2.75, 3.05) is 4.72 Å². The van der Waals surface area contributed by atoms with Crippen molar-refractivity contribution in [2.24, 2.45) is 0 Å². The van der Waals surface area contributed by atoms with Gasteiger partial charge in [-0.1, -0.05) is 11.2 Å². The second kappa shape index (κ2) is 4.45. The number of hydrogen-bond donors (Lipinski definition) is 1. The monoisotopic (exact) mass is 266 g/mol. The molecule has 0 aliphatic heterocycles. The number of benzene rings is 1. The Hall–Kier alpha value is -1.82. The summed E-state index contributed by atoms with van der Waals surface area (Å²) in [5.74, 6) is 0.735. The van der Waals surface area contributed by atoms with Gasteiger partial charge >= 0.3 is 0 Å². The molecule has 18 heavy (non-hydrogen) atoms. The fraction of sp³-hybridized carbons (Fsp3) is 0.250. The molecule has 1 aromatic carbocycles. The minimum atomic E-state index is -3.61. The first kappa shape index (κ1) is 12.6. The van der Waals surface area contributed by atoms with Gasteiger partial charge in [0.15, 0.2) is 5.82 Å². The number of nitrogens with one attached hydrogen (secondary N) is 1. The van der Waals surface area contributed by atoms with Crippen LogP contribution < -0.4 is 4.72 Å². The van der Waals surface area contributed by atoms with Crippen LogP contribution in [0, 0.1) is 20.8 Å². The highest BCUT2D eigenvalue weighted by molar-refractivity contribution is 7.92. The molecule has 0 amide bonds. The van der Waals surface area contributed by atoms with Gasteiger partial charge in [0.1, 0.15) is 5.76 Å². The number of anilines is 1. The van der Waals surface area contributed by atoms with Crippen LogP contribution in [0.4, 0.5) is 5.82 Å². The van der Waals surface area contributed by atoms with Gasteiger partial charge in [0.05, 0.1) is 4.90 Å². The van der Waals surface area contributed by atoms with Crippen molar-refractivity contribution in [1.82, 2.24) is 5.16 Å². The molecule has 0 saturated carbocycles. The standard InChI is InChI=1S/C12H14N2O3S/c1-8-4-5-11(6-9(8)2)18(15,16)14-12-7-10(3)17-13-12/h4-7H,1-3H3,(H,13,14). The summed E-state index contributed by atoms with van der Waals surface area (Å²) in [6.45, 7) is 5.50. The molecule has 5 nitrogen and oxygen atoms in total. The Balaban J connectivity index is 2.33. The zero-order valence-corrected chi connectivity index (χ0v) is 11.2. The van der Waals surface area contributed by atoms with E-state index in [9.17, 15) is 8.42 Å². The van der Waals surface area contributed by atoms with Crippen molar-refractivity contribution in [1.29, 1.82) is 0 Å². The Labute approximate surface area is 106 Å². The molecule has 1 N–H and O–H groups in total. The lowest BCUT2D eigenvalue weighted by Gasteiger charge is -2.07. The van der Waals surface area contributed by atoms with Crippen LogP contribution in [-0.4, -0.2) is 13.6 Å². The zero-order valence-electron chi connectivity index (χ0n) is 10.4. The summed E-state index contributed by atoms with van der Waals surface area (Å²) in [7, 11) is -3.61. The van der Waals surface area contributed by atoms with Crippen molar-refractivity contribution in [3.63, 3.8) is 0 Å². The second-order valence-corrected chi connectivity index (χ2v) is 5.86. The van der Waals surface area contributed by atoms with E-state index < -0.39 is 10.0 Å². The highest BCUT2D eigenvalue weighted by Crippen LogP contribution is 2.18. The molecular formula is C12H14N2O3S. The van der Waals surface area contributed by atoms with Crippen LogP contribution in [0.25, 0.3) is 0 Å². The van der Waals surface area contributed by atoms with E-state index in [2.05, 4.69) is 9.88 Å². The van der Waals surface area contributed by atoms with Crippen molar-refractivity contribution >= 4 is 15.8 Å². The SMILES string of the molecule is Cc1cc(NS(=O)(=O)c2ccc(C)c(C)c2)no1. The van der Waals surface area contributed by atoms with Crippen molar-refractivity contribution in [3.8, 4) is 0 Å². The minimum absolute atomic E-state index is 0.186. The van der Waals surface area contributed by atoms with Crippen LogP contribution in [0.1, 0.15) is 16.9 Å². The Morgan fingerprint density at radius 1 is 1.11 bits per heavy atom. The average molecular weight is 266 g/mol. The first-order chi connectivity index (χ1) is 8.38. The molecule has 2 aromatic rings. The van der Waals surface area contributed by atoms with E-state index >= 15 is 0 Å². The van der Waals surface area contributed by atoms with Crippen molar-refractivity contribution < 1.29 is 12.9 Å². The molecule has 0 bridgehead atoms. The van der Waals surface area contributed by atoms with E-state index in [0.717, 1.165) is 11.1 Å². The maximum atomic E-state index is 12.1. The molecule has 0 atom stereocenters. The second-order valence-electron chi connectivity index (χ2n) is 4.17. The molecule has 0 fully saturated rings. The third kappa shape index (κ3) is 2.53. The van der Waals surface area contributed by atoms with E-state index in [1.165, 1.54) is 6.07 Å². The lowest BCUT2D eigenvalue weighted by molar-refractivity contribution is 0.400. The molecule has 6 heteroatoms. The van der Waals surface area contributed by atoms with E-state index in [1.807, 2.05) is 13.8 Å². The topological polar surface area (TPSA) is 72.2 Å². The van der Waals surface area contributed by atoms with Gasteiger partial charge in [0.25, 0.3) is 10.0 Å². The third-order valence-electron chi connectivity index (χ3n) is 2.66. The molecule has 1 aromatic heterocycles. The summed E-state index contributed by atoms with van der Waals surface area (Å²) in [4.78, 5) is 0.214. The predicted octanol–water partition coefficient (Wildman–Crippen LogP) is 2.40. The van der Waals surface area contributed by atoms with Crippen molar-refractivity contribution in [2.45, 2.75) is 25.7 Å². The molecule has 2 rings (SSSR count). The Morgan fingerprint density at radius 3 is 2.39 bits per heavy atom. The molecule has 0 aliphatic carbocycles. The van der Waals surface area contributed by atoms with Gasteiger partial charge in [0.2, 0.25) is 0 Å². The number of sulfonamides is 1. The first-order valence-corrected chi connectivity index (χ1v) is 6.90. The van der Waals surface area contributed by atoms with Gasteiger partial charge in [-0.05, 0) is 44.0 Å². The zero-order chi connectivity index (χ0) is 13.3. The van der Waals surface area contributed by atoms with Gasteiger partial charge < -0.3 is 4.52 Å². The maximum absolute atomic E-state index is 12.1. The quantitative estimate of drug-likeness (QED) is 0.925. The molecule has 0 spiro atoms. The van der Waals surface area contributed by atoms with Crippen LogP contribution in [0.5, 0.6) is 0 Å². The summed E-state index contributed by atoms with van der Waals surface area (Å²) < 4.78 is 31.3. The number of aryl methyl sites for hydroxylation is 3. The summed E-state index contributed by atoms with van der Waals surface area (Å²) >= 11 is 0. The fourth-order valence-electron chi connectivity index (χ4n) is 1.49. The number of rotatable bonds is 3. The maximum Gasteiger partial charge on any atom is 0.263 e. The average Bonchev–Trinajstić information content (AvgIpc) is 2.67. The van der Waals surface area contributed by atoms with E-state index in [0.29, 0.717) is 5.76 Å². The van der Waals surface area contributed by atoms with Crippen LogP contribution in [0.3, 0.4) is 0 Å². The largest absolute Gasteiger partial charge is 0.360 e. The van der Waals surface area contributed by atoms with Gasteiger partial charge in [-0.2, -0.15) is 0 Å². The predicted molar refractivity (Wildman–Crippen MR) is 68.0 cm³/mol. The number of hydrogen-bond acceptors (Lipinski definition) is 4. The molecule has 0 unspecified atom stereocenters. The molecule has 0 aliphatic rings. The smallest absolute Gasteiger partial charge is 0.263 e. The summed E-state index contributed by atoms with van der Waals surface area (Å²) in [6.07, 6.45) is 0. The van der Waals surface area contributed by atoms with Gasteiger partial charge in [0, 0.05) is 6.07 Å². The highest BCUT2D eigenvalue weighted by Gasteiger charge is 2.16. The molecular weight excluding hydrogens is 252 g/mol. The molecule has 96 valence electrons. The minimum Gasteiger partial charge on any atom is -0.360 e. The normalized spacial score (nSPS) is 11.5.